The molecule has 0 bridgehead atoms. The van der Waals surface area contributed by atoms with E-state index in [4.69, 9.17) is 0 Å². The molecule has 0 radical (unpaired) electrons. The molecule has 0 aromatic carbocycles. The van der Waals surface area contributed by atoms with E-state index in [0.29, 0.717) is 6.54 Å². The van der Waals surface area contributed by atoms with Crippen molar-refractivity contribution in [1.82, 2.24) is 4.90 Å². The number of carbonyl (C=O) groups is 1. The minimum absolute atomic E-state index is 0.00894. The molecular formula is C11H21NO4S. The van der Waals surface area contributed by atoms with Crippen molar-refractivity contribution >= 4 is 15.7 Å². The Morgan fingerprint density at radius 1 is 1.29 bits per heavy atom. The summed E-state index contributed by atoms with van der Waals surface area (Å²) in [5.41, 5.74) is -1.29. The molecule has 1 amide bonds. The number of nitrogens with zero attached hydrogens (tertiary/aromatic N) is 1. The number of sulfone groups is 1. The van der Waals surface area contributed by atoms with E-state index in [2.05, 4.69) is 0 Å². The van der Waals surface area contributed by atoms with Crippen LogP contribution in [0.4, 0.5) is 0 Å². The van der Waals surface area contributed by atoms with Crippen molar-refractivity contribution in [3.8, 4) is 0 Å². The summed E-state index contributed by atoms with van der Waals surface area (Å²) in [6.07, 6.45) is 1.11. The lowest BCUT2D eigenvalue weighted by molar-refractivity contribution is -0.130. The molecule has 5 nitrogen and oxygen atoms in total. The second-order valence-electron chi connectivity index (χ2n) is 5.79. The molecule has 0 aromatic rings. The van der Waals surface area contributed by atoms with Crippen LogP contribution >= 0.6 is 0 Å². The summed E-state index contributed by atoms with van der Waals surface area (Å²) in [7, 11) is -3.12. The van der Waals surface area contributed by atoms with Gasteiger partial charge in [0.25, 0.3) is 0 Å². The van der Waals surface area contributed by atoms with E-state index in [1.165, 1.54) is 0 Å². The Bertz CT molecular complexity index is 395. The molecule has 0 spiro atoms. The van der Waals surface area contributed by atoms with Gasteiger partial charge in [-0.2, -0.15) is 0 Å². The monoisotopic (exact) mass is 263 g/mol. The van der Waals surface area contributed by atoms with Crippen molar-refractivity contribution in [2.24, 2.45) is 5.41 Å². The lowest BCUT2D eigenvalue weighted by atomic mass is 9.79. The highest BCUT2D eigenvalue weighted by atomic mass is 32.2. The predicted molar refractivity (Wildman–Crippen MR) is 65.3 cm³/mol. The van der Waals surface area contributed by atoms with Crippen molar-refractivity contribution in [2.75, 3.05) is 25.1 Å². The molecule has 1 rings (SSSR count). The molecule has 1 aliphatic heterocycles. The Kier molecular flexibility index (Phi) is 3.60. The number of rotatable bonds is 3. The van der Waals surface area contributed by atoms with Crippen LogP contribution in [0.15, 0.2) is 0 Å². The van der Waals surface area contributed by atoms with Gasteiger partial charge in [0.1, 0.15) is 9.84 Å². The molecule has 6 heteroatoms. The van der Waals surface area contributed by atoms with Crippen LogP contribution in [0.25, 0.3) is 0 Å². The summed E-state index contributed by atoms with van der Waals surface area (Å²) in [5, 5.41) is 10.2. The standard InChI is InChI=1S/C11H21NO4S/c1-10(2)7-12(8-11(10,3)14)9(13)5-6-17(4,15)16/h14H,5-8H2,1-4H3/t11-/m1/s1. The molecule has 0 saturated carbocycles. The number of aliphatic hydroxyl groups is 1. The summed E-state index contributed by atoms with van der Waals surface area (Å²) in [6.45, 7) is 6.23. The normalized spacial score (nSPS) is 28.4. The molecule has 1 N–H and O–H groups in total. The minimum atomic E-state index is -3.12. The van der Waals surface area contributed by atoms with E-state index < -0.39 is 15.4 Å². The molecule has 1 aliphatic rings. The van der Waals surface area contributed by atoms with Crippen molar-refractivity contribution in [3.63, 3.8) is 0 Å². The molecule has 1 fully saturated rings. The SMILES string of the molecule is CC1(C)CN(C(=O)CCS(C)(=O)=O)C[C@@]1(C)O. The van der Waals surface area contributed by atoms with Crippen LogP contribution in [0.5, 0.6) is 0 Å². The van der Waals surface area contributed by atoms with E-state index in [9.17, 15) is 18.3 Å². The molecule has 100 valence electrons. The molecule has 1 heterocycles. The van der Waals surface area contributed by atoms with Crippen LogP contribution in [-0.4, -0.2) is 55.0 Å². The third-order valence-electron chi connectivity index (χ3n) is 3.58. The first-order chi connectivity index (χ1) is 7.45. The molecule has 17 heavy (non-hydrogen) atoms. The average Bonchev–Trinajstić information content (AvgIpc) is 2.31. The number of carbonyl (C=O) groups excluding carboxylic acids is 1. The van der Waals surface area contributed by atoms with Gasteiger partial charge < -0.3 is 10.0 Å². The number of amides is 1. The van der Waals surface area contributed by atoms with Crippen LogP contribution < -0.4 is 0 Å². The third-order valence-corrected chi connectivity index (χ3v) is 4.53. The van der Waals surface area contributed by atoms with Gasteiger partial charge in [0.2, 0.25) is 5.91 Å². The zero-order valence-corrected chi connectivity index (χ0v) is 11.7. The van der Waals surface area contributed by atoms with Crippen molar-refractivity contribution in [1.29, 1.82) is 0 Å². The number of hydrogen-bond donors (Lipinski definition) is 1. The van der Waals surface area contributed by atoms with Crippen LogP contribution in [0.3, 0.4) is 0 Å². The second-order valence-corrected chi connectivity index (χ2v) is 8.05. The lowest BCUT2D eigenvalue weighted by Gasteiger charge is -2.30. The highest BCUT2D eigenvalue weighted by Crippen LogP contribution is 2.38. The molecule has 0 unspecified atom stereocenters. The van der Waals surface area contributed by atoms with E-state index >= 15 is 0 Å². The van der Waals surface area contributed by atoms with Crippen LogP contribution in [0.2, 0.25) is 0 Å². The fourth-order valence-electron chi connectivity index (χ4n) is 1.90. The van der Waals surface area contributed by atoms with Gasteiger partial charge in [-0.15, -0.1) is 0 Å². The zero-order chi connectivity index (χ0) is 13.5. The molecule has 0 aliphatic carbocycles. The first-order valence-electron chi connectivity index (χ1n) is 5.62. The van der Waals surface area contributed by atoms with Crippen molar-refractivity contribution in [3.05, 3.63) is 0 Å². The van der Waals surface area contributed by atoms with Crippen molar-refractivity contribution < 1.29 is 18.3 Å². The minimum Gasteiger partial charge on any atom is -0.388 e. The van der Waals surface area contributed by atoms with E-state index in [1.807, 2.05) is 13.8 Å². The van der Waals surface area contributed by atoms with E-state index in [0.717, 1.165) is 6.26 Å². The van der Waals surface area contributed by atoms with Gasteiger partial charge in [0.05, 0.1) is 11.4 Å². The van der Waals surface area contributed by atoms with Gasteiger partial charge in [-0.05, 0) is 6.92 Å². The van der Waals surface area contributed by atoms with Gasteiger partial charge in [-0.1, -0.05) is 13.8 Å². The van der Waals surface area contributed by atoms with Gasteiger partial charge in [0.15, 0.2) is 0 Å². The maximum Gasteiger partial charge on any atom is 0.223 e. The Balaban J connectivity index is 2.63. The van der Waals surface area contributed by atoms with E-state index in [1.54, 1.807) is 11.8 Å². The summed E-state index contributed by atoms with van der Waals surface area (Å²) in [6, 6.07) is 0. The predicted octanol–water partition coefficient (Wildman–Crippen LogP) is 0.0405. The van der Waals surface area contributed by atoms with Gasteiger partial charge >= 0.3 is 0 Å². The number of hydrogen-bond acceptors (Lipinski definition) is 4. The van der Waals surface area contributed by atoms with E-state index in [-0.39, 0.29) is 30.0 Å². The van der Waals surface area contributed by atoms with Crippen LogP contribution in [-0.2, 0) is 14.6 Å². The van der Waals surface area contributed by atoms with Gasteiger partial charge in [-0.25, -0.2) is 8.42 Å². The number of β-amino-alcohol motifs (C(OH)–C–C–N with tert-alkyl or cyclic N) is 1. The summed E-state index contributed by atoms with van der Waals surface area (Å²) in [5.74, 6) is -0.341. The molecule has 1 saturated heterocycles. The van der Waals surface area contributed by atoms with Crippen LogP contribution in [0.1, 0.15) is 27.2 Å². The first kappa shape index (κ1) is 14.4. The summed E-state index contributed by atoms with van der Waals surface area (Å²) in [4.78, 5) is 13.4. The summed E-state index contributed by atoms with van der Waals surface area (Å²) < 4.78 is 22.0. The molecule has 0 aromatic heterocycles. The first-order valence-corrected chi connectivity index (χ1v) is 7.69. The molecule has 1 atom stereocenters. The third kappa shape index (κ3) is 3.42. The quantitative estimate of drug-likeness (QED) is 0.780. The van der Waals surface area contributed by atoms with Crippen molar-refractivity contribution in [2.45, 2.75) is 32.8 Å². The largest absolute Gasteiger partial charge is 0.388 e. The Morgan fingerprint density at radius 3 is 2.18 bits per heavy atom. The highest BCUT2D eigenvalue weighted by Gasteiger charge is 2.48. The summed E-state index contributed by atoms with van der Waals surface area (Å²) >= 11 is 0. The topological polar surface area (TPSA) is 74.7 Å². The van der Waals surface area contributed by atoms with Gasteiger partial charge in [0, 0.05) is 31.2 Å². The average molecular weight is 263 g/mol. The van der Waals surface area contributed by atoms with Gasteiger partial charge in [-0.3, -0.25) is 4.79 Å². The Morgan fingerprint density at radius 2 is 1.82 bits per heavy atom. The fraction of sp³-hybridized carbons (Fsp3) is 0.909. The smallest absolute Gasteiger partial charge is 0.223 e. The Labute approximate surface area is 103 Å². The lowest BCUT2D eigenvalue weighted by Crippen LogP contribution is -2.40. The Hall–Kier alpha value is -0.620. The molecular weight excluding hydrogens is 242 g/mol. The number of likely N-dealkylation sites (tertiary alicyclic amines) is 1. The highest BCUT2D eigenvalue weighted by molar-refractivity contribution is 7.90. The maximum atomic E-state index is 11.8. The van der Waals surface area contributed by atoms with Crippen LogP contribution in [0, 0.1) is 5.41 Å². The zero-order valence-electron chi connectivity index (χ0n) is 10.9. The fourth-order valence-corrected chi connectivity index (χ4v) is 2.44. The second kappa shape index (κ2) is 4.24. The maximum absolute atomic E-state index is 11.8.